The van der Waals surface area contributed by atoms with Crippen LogP contribution in [0.1, 0.15) is 24.8 Å². The van der Waals surface area contributed by atoms with Crippen molar-refractivity contribution in [1.29, 1.82) is 0 Å². The Morgan fingerprint density at radius 2 is 2.21 bits per heavy atom. The molecule has 1 nitrogen and oxygen atoms in total. The molecule has 1 aromatic carbocycles. The quantitative estimate of drug-likeness (QED) is 0.716. The molecule has 0 aromatic heterocycles. The maximum atomic E-state index is 5.90. The van der Waals surface area contributed by atoms with E-state index in [2.05, 4.69) is 6.08 Å². The molecule has 0 fully saturated rings. The minimum atomic E-state index is 0.726. The zero-order valence-corrected chi connectivity index (χ0v) is 8.97. The number of ether oxygens (including phenoxy) is 1. The van der Waals surface area contributed by atoms with E-state index in [0.29, 0.717) is 0 Å². The van der Waals surface area contributed by atoms with Gasteiger partial charge in [0, 0.05) is 10.6 Å². The van der Waals surface area contributed by atoms with Crippen LogP contribution < -0.4 is 4.74 Å². The molecular weight excluding hydrogens is 196 g/mol. The fourth-order valence-electron chi connectivity index (χ4n) is 1.85. The van der Waals surface area contributed by atoms with Gasteiger partial charge in [0.2, 0.25) is 0 Å². The van der Waals surface area contributed by atoms with Gasteiger partial charge >= 0.3 is 0 Å². The molecule has 1 aromatic rings. The average molecular weight is 209 g/mol. The average Bonchev–Trinajstić information content (AvgIpc) is 2.70. The van der Waals surface area contributed by atoms with E-state index in [0.717, 1.165) is 17.2 Å². The third kappa shape index (κ3) is 1.78. The Balaban J connectivity index is 2.41. The largest absolute Gasteiger partial charge is 0.496 e. The number of halogens is 1. The maximum Gasteiger partial charge on any atom is 0.127 e. The Kier molecular flexibility index (Phi) is 2.78. The second-order valence-corrected chi connectivity index (χ2v) is 3.90. The van der Waals surface area contributed by atoms with Crippen molar-refractivity contribution in [2.75, 3.05) is 7.11 Å². The van der Waals surface area contributed by atoms with Crippen molar-refractivity contribution in [3.8, 4) is 5.75 Å². The molecule has 0 unspecified atom stereocenters. The van der Waals surface area contributed by atoms with Gasteiger partial charge in [0.05, 0.1) is 7.11 Å². The summed E-state index contributed by atoms with van der Waals surface area (Å²) in [6, 6.07) is 5.83. The summed E-state index contributed by atoms with van der Waals surface area (Å²) in [6.45, 7) is 0. The molecular formula is C12H13ClO. The number of rotatable bonds is 2. The lowest BCUT2D eigenvalue weighted by atomic mass is 10.0. The Morgan fingerprint density at radius 3 is 2.86 bits per heavy atom. The highest BCUT2D eigenvalue weighted by Gasteiger charge is 2.11. The highest BCUT2D eigenvalue weighted by atomic mass is 35.5. The molecule has 2 heteroatoms. The molecule has 0 spiro atoms. The first kappa shape index (κ1) is 9.60. The minimum absolute atomic E-state index is 0.726. The van der Waals surface area contributed by atoms with E-state index in [1.165, 1.54) is 24.0 Å². The summed E-state index contributed by atoms with van der Waals surface area (Å²) in [5.74, 6) is 0.880. The minimum Gasteiger partial charge on any atom is -0.496 e. The summed E-state index contributed by atoms with van der Waals surface area (Å²) in [7, 11) is 1.69. The highest BCUT2D eigenvalue weighted by Crippen LogP contribution is 2.34. The standard InChI is InChI=1S/C12H13ClO/c1-14-12-8-10(13)6-7-11(12)9-4-2-3-5-9/h4,6-8H,2-3,5H2,1H3. The maximum absolute atomic E-state index is 5.90. The fraction of sp³-hybridized carbons (Fsp3) is 0.333. The third-order valence-electron chi connectivity index (χ3n) is 2.55. The summed E-state index contributed by atoms with van der Waals surface area (Å²) in [6.07, 6.45) is 5.87. The molecule has 1 aliphatic carbocycles. The Morgan fingerprint density at radius 1 is 1.36 bits per heavy atom. The van der Waals surface area contributed by atoms with Crippen molar-refractivity contribution >= 4 is 17.2 Å². The molecule has 1 aliphatic rings. The summed E-state index contributed by atoms with van der Waals surface area (Å²) in [5, 5.41) is 0.726. The smallest absolute Gasteiger partial charge is 0.127 e. The molecule has 0 saturated carbocycles. The molecule has 0 saturated heterocycles. The van der Waals surface area contributed by atoms with Crippen LogP contribution in [-0.4, -0.2) is 7.11 Å². The number of hydrogen-bond acceptors (Lipinski definition) is 1. The van der Waals surface area contributed by atoms with Gasteiger partial charge in [-0.25, -0.2) is 0 Å². The van der Waals surface area contributed by atoms with Crippen LogP contribution in [0.25, 0.3) is 5.57 Å². The van der Waals surface area contributed by atoms with E-state index in [4.69, 9.17) is 16.3 Å². The van der Waals surface area contributed by atoms with E-state index >= 15 is 0 Å². The van der Waals surface area contributed by atoms with E-state index in [1.807, 2.05) is 18.2 Å². The van der Waals surface area contributed by atoms with Gasteiger partial charge in [0.15, 0.2) is 0 Å². The third-order valence-corrected chi connectivity index (χ3v) is 2.79. The molecule has 74 valence electrons. The van der Waals surface area contributed by atoms with Crippen LogP contribution in [0, 0.1) is 0 Å². The molecule has 2 rings (SSSR count). The number of benzene rings is 1. The van der Waals surface area contributed by atoms with Crippen LogP contribution in [0.4, 0.5) is 0 Å². The summed E-state index contributed by atoms with van der Waals surface area (Å²) in [4.78, 5) is 0. The van der Waals surface area contributed by atoms with Crippen molar-refractivity contribution < 1.29 is 4.74 Å². The normalized spacial score (nSPS) is 15.4. The number of allylic oxidation sites excluding steroid dienone is 2. The van der Waals surface area contributed by atoms with Crippen molar-refractivity contribution in [2.24, 2.45) is 0 Å². The van der Waals surface area contributed by atoms with Gasteiger partial charge in [-0.3, -0.25) is 0 Å². The van der Waals surface area contributed by atoms with Crippen molar-refractivity contribution in [2.45, 2.75) is 19.3 Å². The van der Waals surface area contributed by atoms with Gasteiger partial charge in [-0.15, -0.1) is 0 Å². The zero-order chi connectivity index (χ0) is 9.97. The van der Waals surface area contributed by atoms with E-state index in [-0.39, 0.29) is 0 Å². The number of methoxy groups -OCH3 is 1. The lowest BCUT2D eigenvalue weighted by molar-refractivity contribution is 0.413. The van der Waals surface area contributed by atoms with Crippen LogP contribution >= 0.6 is 11.6 Å². The first-order valence-electron chi connectivity index (χ1n) is 4.84. The van der Waals surface area contributed by atoms with Gasteiger partial charge in [-0.2, -0.15) is 0 Å². The molecule has 14 heavy (non-hydrogen) atoms. The zero-order valence-electron chi connectivity index (χ0n) is 8.22. The lowest BCUT2D eigenvalue weighted by Gasteiger charge is -2.09. The van der Waals surface area contributed by atoms with Crippen molar-refractivity contribution in [1.82, 2.24) is 0 Å². The molecule has 0 atom stereocenters. The lowest BCUT2D eigenvalue weighted by Crippen LogP contribution is -1.90. The highest BCUT2D eigenvalue weighted by molar-refractivity contribution is 6.30. The summed E-state index contributed by atoms with van der Waals surface area (Å²) in [5.41, 5.74) is 2.58. The van der Waals surface area contributed by atoms with Crippen LogP contribution in [0.5, 0.6) is 5.75 Å². The predicted octanol–water partition coefficient (Wildman–Crippen LogP) is 3.92. The van der Waals surface area contributed by atoms with Gasteiger partial charge in [-0.1, -0.05) is 17.7 Å². The first-order valence-corrected chi connectivity index (χ1v) is 5.22. The summed E-state index contributed by atoms with van der Waals surface area (Å²) >= 11 is 5.90. The monoisotopic (exact) mass is 208 g/mol. The fourth-order valence-corrected chi connectivity index (χ4v) is 2.01. The topological polar surface area (TPSA) is 9.23 Å². The first-order chi connectivity index (χ1) is 6.81. The van der Waals surface area contributed by atoms with Crippen molar-refractivity contribution in [3.05, 3.63) is 34.9 Å². The molecule has 0 bridgehead atoms. The molecule has 0 radical (unpaired) electrons. The Hall–Kier alpha value is -0.950. The Bertz CT molecular complexity index is 369. The van der Waals surface area contributed by atoms with Crippen LogP contribution in [0.3, 0.4) is 0 Å². The van der Waals surface area contributed by atoms with E-state index < -0.39 is 0 Å². The van der Waals surface area contributed by atoms with Gasteiger partial charge < -0.3 is 4.74 Å². The van der Waals surface area contributed by atoms with E-state index in [9.17, 15) is 0 Å². The van der Waals surface area contributed by atoms with Gasteiger partial charge in [0.25, 0.3) is 0 Å². The molecule has 0 aliphatic heterocycles. The van der Waals surface area contributed by atoms with Gasteiger partial charge in [0.1, 0.15) is 5.75 Å². The second-order valence-electron chi connectivity index (χ2n) is 3.47. The van der Waals surface area contributed by atoms with Crippen molar-refractivity contribution in [3.63, 3.8) is 0 Å². The predicted molar refractivity (Wildman–Crippen MR) is 59.8 cm³/mol. The SMILES string of the molecule is COc1cc(Cl)ccc1C1=CCCC1. The second kappa shape index (κ2) is 4.05. The molecule has 0 amide bonds. The van der Waals surface area contributed by atoms with Crippen LogP contribution in [-0.2, 0) is 0 Å². The van der Waals surface area contributed by atoms with Crippen LogP contribution in [0.15, 0.2) is 24.3 Å². The Labute approximate surface area is 89.3 Å². The number of hydrogen-bond donors (Lipinski definition) is 0. The van der Waals surface area contributed by atoms with E-state index in [1.54, 1.807) is 7.11 Å². The molecule has 0 heterocycles. The van der Waals surface area contributed by atoms with Gasteiger partial charge in [-0.05, 0) is 43.0 Å². The summed E-state index contributed by atoms with van der Waals surface area (Å²) < 4.78 is 5.31. The molecule has 0 N–H and O–H groups in total. The van der Waals surface area contributed by atoms with Crippen LogP contribution in [0.2, 0.25) is 5.02 Å².